The first-order chi connectivity index (χ1) is 9.81. The predicted octanol–water partition coefficient (Wildman–Crippen LogP) is 2.26. The number of benzene rings is 1. The molecule has 2 aromatic heterocycles. The van der Waals surface area contributed by atoms with Gasteiger partial charge in [-0.1, -0.05) is 18.2 Å². The lowest BCUT2D eigenvalue weighted by Crippen LogP contribution is -2.08. The summed E-state index contributed by atoms with van der Waals surface area (Å²) in [5.74, 6) is -0.00746. The minimum atomic E-state index is -0.228. The monoisotopic (exact) mass is 265 g/mol. The van der Waals surface area contributed by atoms with E-state index in [0.717, 1.165) is 10.9 Å². The molecule has 3 rings (SSSR count). The lowest BCUT2D eigenvalue weighted by atomic mass is 10.0. The molecule has 0 atom stereocenters. The molecular formula is C15H11N3O2. The average Bonchev–Trinajstić information content (AvgIpc) is 2.53. The Balaban J connectivity index is 2.18. The zero-order valence-corrected chi connectivity index (χ0v) is 10.8. The van der Waals surface area contributed by atoms with Crippen LogP contribution < -0.4 is 4.74 Å². The summed E-state index contributed by atoms with van der Waals surface area (Å²) in [6.45, 7) is 0. The van der Waals surface area contributed by atoms with Crippen LogP contribution in [0.5, 0.6) is 5.88 Å². The molecule has 0 aliphatic rings. The number of hydrogen-bond acceptors (Lipinski definition) is 5. The number of nitrogens with zero attached hydrogens (tertiary/aromatic N) is 3. The van der Waals surface area contributed by atoms with Crippen LogP contribution in [0.4, 0.5) is 0 Å². The molecule has 20 heavy (non-hydrogen) atoms. The number of carbonyl (C=O) groups excluding carboxylic acids is 1. The van der Waals surface area contributed by atoms with Gasteiger partial charge in [0.05, 0.1) is 12.6 Å². The molecule has 98 valence electrons. The van der Waals surface area contributed by atoms with E-state index < -0.39 is 0 Å². The van der Waals surface area contributed by atoms with Crippen LogP contribution in [-0.2, 0) is 0 Å². The van der Waals surface area contributed by atoms with Gasteiger partial charge in [0.15, 0.2) is 5.69 Å². The molecule has 0 amide bonds. The number of ether oxygens (including phenoxy) is 1. The quantitative estimate of drug-likeness (QED) is 0.680. The third-order valence-electron chi connectivity index (χ3n) is 2.97. The van der Waals surface area contributed by atoms with Gasteiger partial charge in [0.1, 0.15) is 0 Å². The zero-order valence-electron chi connectivity index (χ0n) is 10.8. The smallest absolute Gasteiger partial charge is 0.243 e. The Morgan fingerprint density at radius 2 is 1.80 bits per heavy atom. The number of hydrogen-bond donors (Lipinski definition) is 0. The van der Waals surface area contributed by atoms with Crippen LogP contribution in [-0.4, -0.2) is 27.8 Å². The van der Waals surface area contributed by atoms with E-state index in [1.165, 1.54) is 19.5 Å². The number of para-hydroxylation sites is 1. The second-order valence-electron chi connectivity index (χ2n) is 4.12. The Bertz CT molecular complexity index is 781. The molecule has 0 aliphatic carbocycles. The minimum Gasteiger partial charge on any atom is -0.479 e. The van der Waals surface area contributed by atoms with Crippen molar-refractivity contribution in [2.75, 3.05) is 7.11 Å². The fraction of sp³-hybridized carbons (Fsp3) is 0.0667. The van der Waals surface area contributed by atoms with Crippen molar-refractivity contribution in [1.82, 2.24) is 15.0 Å². The van der Waals surface area contributed by atoms with Crippen LogP contribution >= 0.6 is 0 Å². The Kier molecular flexibility index (Phi) is 3.09. The predicted molar refractivity (Wildman–Crippen MR) is 73.8 cm³/mol. The van der Waals surface area contributed by atoms with Gasteiger partial charge in [-0.3, -0.25) is 9.78 Å². The van der Waals surface area contributed by atoms with Gasteiger partial charge in [-0.25, -0.2) is 9.97 Å². The molecule has 0 spiro atoms. The van der Waals surface area contributed by atoms with Gasteiger partial charge in [-0.05, 0) is 12.1 Å². The molecule has 0 bridgehead atoms. The van der Waals surface area contributed by atoms with E-state index in [1.807, 2.05) is 24.3 Å². The Labute approximate surface area is 115 Å². The van der Waals surface area contributed by atoms with Crippen molar-refractivity contribution in [3.63, 3.8) is 0 Å². The Morgan fingerprint density at radius 3 is 2.65 bits per heavy atom. The van der Waals surface area contributed by atoms with Crippen LogP contribution in [0.1, 0.15) is 16.1 Å². The SMILES string of the molecule is COc1nccnc1C(=O)c1ccnc2ccccc12. The maximum atomic E-state index is 12.6. The summed E-state index contributed by atoms with van der Waals surface area (Å²) in [6.07, 6.45) is 4.57. The summed E-state index contributed by atoms with van der Waals surface area (Å²) in [7, 11) is 1.46. The fourth-order valence-corrected chi connectivity index (χ4v) is 2.05. The summed E-state index contributed by atoms with van der Waals surface area (Å²) in [5, 5.41) is 0.785. The highest BCUT2D eigenvalue weighted by Crippen LogP contribution is 2.21. The second kappa shape index (κ2) is 5.05. The molecule has 5 heteroatoms. The Hall–Kier alpha value is -2.82. The second-order valence-corrected chi connectivity index (χ2v) is 4.12. The summed E-state index contributed by atoms with van der Waals surface area (Å²) in [5.41, 5.74) is 1.50. The van der Waals surface area contributed by atoms with Gasteiger partial charge < -0.3 is 4.74 Å². The summed E-state index contributed by atoms with van der Waals surface area (Å²) < 4.78 is 5.09. The highest BCUT2D eigenvalue weighted by molar-refractivity contribution is 6.15. The third kappa shape index (κ3) is 1.99. The van der Waals surface area contributed by atoms with Gasteiger partial charge >= 0.3 is 0 Å². The molecule has 3 aromatic rings. The van der Waals surface area contributed by atoms with Gasteiger partial charge in [0, 0.05) is 29.5 Å². The molecule has 0 saturated heterocycles. The van der Waals surface area contributed by atoms with Crippen molar-refractivity contribution in [2.24, 2.45) is 0 Å². The molecule has 0 radical (unpaired) electrons. The first kappa shape index (κ1) is 12.2. The van der Waals surface area contributed by atoms with Crippen molar-refractivity contribution in [2.45, 2.75) is 0 Å². The van der Waals surface area contributed by atoms with Crippen molar-refractivity contribution in [1.29, 1.82) is 0 Å². The van der Waals surface area contributed by atoms with Crippen LogP contribution in [0.15, 0.2) is 48.9 Å². The van der Waals surface area contributed by atoms with E-state index in [0.29, 0.717) is 5.56 Å². The number of fused-ring (bicyclic) bond motifs is 1. The Morgan fingerprint density at radius 1 is 1.00 bits per heavy atom. The highest BCUT2D eigenvalue weighted by atomic mass is 16.5. The number of carbonyl (C=O) groups is 1. The maximum Gasteiger partial charge on any atom is 0.243 e. The standard InChI is InChI=1S/C15H11N3O2/c1-20-15-13(17-8-9-18-15)14(19)11-6-7-16-12-5-3-2-4-10(11)12/h2-9H,1H3. The van der Waals surface area contributed by atoms with E-state index in [-0.39, 0.29) is 17.4 Å². The van der Waals surface area contributed by atoms with E-state index in [4.69, 9.17) is 4.74 Å². The molecule has 0 unspecified atom stereocenters. The molecule has 0 aliphatic heterocycles. The van der Waals surface area contributed by atoms with Crippen LogP contribution in [0.25, 0.3) is 10.9 Å². The first-order valence-corrected chi connectivity index (χ1v) is 6.04. The van der Waals surface area contributed by atoms with Crippen molar-refractivity contribution in [3.8, 4) is 5.88 Å². The van der Waals surface area contributed by atoms with Crippen molar-refractivity contribution < 1.29 is 9.53 Å². The van der Waals surface area contributed by atoms with Gasteiger partial charge in [-0.2, -0.15) is 0 Å². The maximum absolute atomic E-state index is 12.6. The lowest BCUT2D eigenvalue weighted by molar-refractivity contribution is 0.103. The normalized spacial score (nSPS) is 10.4. The minimum absolute atomic E-state index is 0.200. The summed E-state index contributed by atoms with van der Waals surface area (Å²) >= 11 is 0. The lowest BCUT2D eigenvalue weighted by Gasteiger charge is -2.07. The first-order valence-electron chi connectivity index (χ1n) is 6.04. The molecule has 0 fully saturated rings. The van der Waals surface area contributed by atoms with E-state index in [1.54, 1.807) is 12.3 Å². The number of pyridine rings is 1. The molecule has 2 heterocycles. The van der Waals surface area contributed by atoms with Gasteiger partial charge in [0.25, 0.3) is 0 Å². The molecular weight excluding hydrogens is 254 g/mol. The molecule has 5 nitrogen and oxygen atoms in total. The fourth-order valence-electron chi connectivity index (χ4n) is 2.05. The molecule has 0 saturated carbocycles. The number of aromatic nitrogens is 3. The van der Waals surface area contributed by atoms with E-state index in [2.05, 4.69) is 15.0 Å². The van der Waals surface area contributed by atoms with Crippen molar-refractivity contribution >= 4 is 16.7 Å². The van der Waals surface area contributed by atoms with Crippen molar-refractivity contribution in [3.05, 3.63) is 60.2 Å². The number of rotatable bonds is 3. The molecule has 0 N–H and O–H groups in total. The van der Waals surface area contributed by atoms with Gasteiger partial charge in [-0.15, -0.1) is 0 Å². The van der Waals surface area contributed by atoms with Crippen LogP contribution in [0.3, 0.4) is 0 Å². The topological polar surface area (TPSA) is 65.0 Å². The van der Waals surface area contributed by atoms with Gasteiger partial charge in [0.2, 0.25) is 11.7 Å². The highest BCUT2D eigenvalue weighted by Gasteiger charge is 2.19. The van der Waals surface area contributed by atoms with E-state index >= 15 is 0 Å². The number of methoxy groups -OCH3 is 1. The summed E-state index contributed by atoms with van der Waals surface area (Å²) in [6, 6.07) is 9.15. The summed E-state index contributed by atoms with van der Waals surface area (Å²) in [4.78, 5) is 24.9. The van der Waals surface area contributed by atoms with Crippen LogP contribution in [0.2, 0.25) is 0 Å². The average molecular weight is 265 g/mol. The third-order valence-corrected chi connectivity index (χ3v) is 2.97. The largest absolute Gasteiger partial charge is 0.479 e. The zero-order chi connectivity index (χ0) is 13.9. The molecule has 1 aromatic carbocycles. The van der Waals surface area contributed by atoms with E-state index in [9.17, 15) is 4.79 Å². The number of ketones is 1. The van der Waals surface area contributed by atoms with Crippen LogP contribution in [0, 0.1) is 0 Å².